The maximum Gasteiger partial charge on any atom is 0.345 e. The number of hydrogen-bond acceptors (Lipinski definition) is 4. The molecule has 27 heavy (non-hydrogen) atoms. The molecule has 0 aliphatic carbocycles. The minimum Gasteiger partial charge on any atom is -0.355 e. The Morgan fingerprint density at radius 1 is 1.30 bits per heavy atom. The predicted molar refractivity (Wildman–Crippen MR) is 103 cm³/mol. The smallest absolute Gasteiger partial charge is 0.345 e. The zero-order valence-corrected chi connectivity index (χ0v) is 15.8. The number of carbonyl (C=O) groups excluding carboxylic acids is 2. The molecule has 7 heteroatoms. The van der Waals surface area contributed by atoms with Gasteiger partial charge in [-0.3, -0.25) is 9.59 Å². The summed E-state index contributed by atoms with van der Waals surface area (Å²) in [6.45, 7) is 4.01. The zero-order chi connectivity index (χ0) is 19.6. The van der Waals surface area contributed by atoms with Crippen molar-refractivity contribution in [3.05, 3.63) is 57.3 Å². The van der Waals surface area contributed by atoms with Crippen molar-refractivity contribution in [2.75, 3.05) is 18.5 Å². The molecular formula is C20H24N4O3. The Morgan fingerprint density at radius 3 is 2.78 bits per heavy atom. The van der Waals surface area contributed by atoms with Gasteiger partial charge in [0, 0.05) is 49.4 Å². The highest BCUT2D eigenvalue weighted by Crippen LogP contribution is 2.34. The van der Waals surface area contributed by atoms with E-state index in [4.69, 9.17) is 0 Å². The quantitative estimate of drug-likeness (QED) is 0.838. The van der Waals surface area contributed by atoms with E-state index in [-0.39, 0.29) is 23.4 Å². The monoisotopic (exact) mass is 368 g/mol. The van der Waals surface area contributed by atoms with Gasteiger partial charge in [-0.15, -0.1) is 0 Å². The zero-order valence-electron chi connectivity index (χ0n) is 15.8. The molecule has 0 spiro atoms. The van der Waals surface area contributed by atoms with Gasteiger partial charge in [0.1, 0.15) is 0 Å². The van der Waals surface area contributed by atoms with E-state index in [1.54, 1.807) is 18.9 Å². The number of hydrogen-bond donors (Lipinski definition) is 2. The van der Waals surface area contributed by atoms with Gasteiger partial charge in [-0.2, -0.15) is 4.98 Å². The van der Waals surface area contributed by atoms with Crippen LogP contribution in [-0.2, 0) is 16.0 Å². The van der Waals surface area contributed by atoms with E-state index in [0.717, 1.165) is 22.5 Å². The van der Waals surface area contributed by atoms with E-state index in [1.165, 1.54) is 0 Å². The molecule has 0 unspecified atom stereocenters. The lowest BCUT2D eigenvalue weighted by Gasteiger charge is -2.31. The molecule has 0 saturated heterocycles. The number of benzene rings is 1. The van der Waals surface area contributed by atoms with Crippen molar-refractivity contribution in [1.29, 1.82) is 0 Å². The summed E-state index contributed by atoms with van der Waals surface area (Å²) in [5, 5.41) is 2.95. The molecule has 2 aromatic rings. The number of anilines is 1. The van der Waals surface area contributed by atoms with Crippen molar-refractivity contribution in [3.8, 4) is 0 Å². The van der Waals surface area contributed by atoms with E-state index in [0.29, 0.717) is 31.5 Å². The van der Waals surface area contributed by atoms with Gasteiger partial charge in [0.05, 0.1) is 0 Å². The molecule has 2 amide bonds. The van der Waals surface area contributed by atoms with Gasteiger partial charge in [0.2, 0.25) is 11.8 Å². The molecule has 0 fully saturated rings. The summed E-state index contributed by atoms with van der Waals surface area (Å²) in [5.74, 6) is -0.0468. The topological polar surface area (TPSA) is 95.2 Å². The van der Waals surface area contributed by atoms with Crippen molar-refractivity contribution in [1.82, 2.24) is 15.3 Å². The fraction of sp³-hybridized carbons (Fsp3) is 0.400. The van der Waals surface area contributed by atoms with Gasteiger partial charge < -0.3 is 15.2 Å². The third kappa shape index (κ3) is 4.07. The van der Waals surface area contributed by atoms with Crippen LogP contribution in [0.25, 0.3) is 0 Å². The minimum atomic E-state index is -0.371. The average molecular weight is 368 g/mol. The van der Waals surface area contributed by atoms with E-state index in [2.05, 4.69) is 15.3 Å². The highest BCUT2D eigenvalue weighted by atomic mass is 16.2. The van der Waals surface area contributed by atoms with Crippen molar-refractivity contribution in [2.45, 2.75) is 39.0 Å². The van der Waals surface area contributed by atoms with Gasteiger partial charge >= 0.3 is 5.69 Å². The molecule has 1 aromatic heterocycles. The van der Waals surface area contributed by atoms with Gasteiger partial charge in [-0.25, -0.2) is 4.79 Å². The number of para-hydroxylation sites is 1. The van der Waals surface area contributed by atoms with Crippen LogP contribution in [0.15, 0.2) is 29.1 Å². The van der Waals surface area contributed by atoms with Gasteiger partial charge in [0.15, 0.2) is 0 Å². The van der Waals surface area contributed by atoms with Gasteiger partial charge in [-0.05, 0) is 37.5 Å². The van der Waals surface area contributed by atoms with E-state index in [9.17, 15) is 14.4 Å². The highest BCUT2D eigenvalue weighted by molar-refractivity contribution is 5.96. The van der Waals surface area contributed by atoms with Crippen LogP contribution in [0, 0.1) is 13.8 Å². The number of H-pyrrole nitrogens is 1. The van der Waals surface area contributed by atoms with E-state index >= 15 is 0 Å². The predicted octanol–water partition coefficient (Wildman–Crippen LogP) is 1.59. The summed E-state index contributed by atoms with van der Waals surface area (Å²) in [4.78, 5) is 44.1. The Morgan fingerprint density at radius 2 is 2.04 bits per heavy atom. The van der Waals surface area contributed by atoms with Crippen molar-refractivity contribution < 1.29 is 9.59 Å². The number of rotatable bonds is 5. The lowest BCUT2D eigenvalue weighted by molar-refractivity contribution is -0.122. The first kappa shape index (κ1) is 18.8. The molecular weight excluding hydrogens is 344 g/mol. The summed E-state index contributed by atoms with van der Waals surface area (Å²) in [7, 11) is 1.78. The van der Waals surface area contributed by atoms with Gasteiger partial charge in [-0.1, -0.05) is 18.2 Å². The van der Waals surface area contributed by atoms with Gasteiger partial charge in [0.25, 0.3) is 0 Å². The Labute approximate surface area is 157 Å². The van der Waals surface area contributed by atoms with E-state index < -0.39 is 0 Å². The molecule has 1 aliphatic rings. The Balaban J connectivity index is 1.61. The summed E-state index contributed by atoms with van der Waals surface area (Å²) in [5.41, 5.74) is 3.90. The number of fused-ring (bicyclic) bond motifs is 1. The average Bonchev–Trinajstić information content (AvgIpc) is 2.62. The fourth-order valence-corrected chi connectivity index (χ4v) is 3.60. The van der Waals surface area contributed by atoms with Crippen LogP contribution < -0.4 is 15.9 Å². The first-order valence-electron chi connectivity index (χ1n) is 9.05. The molecule has 2 heterocycles. The van der Waals surface area contributed by atoms with Crippen LogP contribution in [0.2, 0.25) is 0 Å². The molecule has 1 aliphatic heterocycles. The third-order valence-electron chi connectivity index (χ3n) is 5.13. The summed E-state index contributed by atoms with van der Waals surface area (Å²) >= 11 is 0. The lowest BCUT2D eigenvalue weighted by Crippen LogP contribution is -2.37. The standard InChI is InChI=1S/C20H24N4O3/c1-12-15(13(2)23-20(27)22-12)8-9-18(25)21-11-14-10-19(26)24(3)17-7-5-4-6-16(14)17/h4-7,14H,8-11H2,1-3H3,(H,21,25)(H,22,23,27)/t14-/m1/s1. The molecule has 0 bridgehead atoms. The molecule has 3 rings (SSSR count). The lowest BCUT2D eigenvalue weighted by atomic mass is 9.89. The number of aryl methyl sites for hydroxylation is 2. The summed E-state index contributed by atoms with van der Waals surface area (Å²) < 4.78 is 0. The second-order valence-corrected chi connectivity index (χ2v) is 6.95. The molecule has 0 radical (unpaired) electrons. The van der Waals surface area contributed by atoms with Crippen LogP contribution in [0.1, 0.15) is 41.3 Å². The second-order valence-electron chi connectivity index (χ2n) is 6.95. The largest absolute Gasteiger partial charge is 0.355 e. The van der Waals surface area contributed by atoms with Crippen LogP contribution in [0.5, 0.6) is 0 Å². The van der Waals surface area contributed by atoms with Crippen LogP contribution in [-0.4, -0.2) is 35.4 Å². The maximum atomic E-state index is 12.3. The highest BCUT2D eigenvalue weighted by Gasteiger charge is 2.28. The molecule has 142 valence electrons. The Hall–Kier alpha value is -2.96. The summed E-state index contributed by atoms with van der Waals surface area (Å²) in [6.07, 6.45) is 1.20. The molecule has 1 aromatic carbocycles. The SMILES string of the molecule is Cc1nc(=O)[nH]c(C)c1CCC(=O)NC[C@H]1CC(=O)N(C)c2ccccc21. The molecule has 1 atom stereocenters. The maximum absolute atomic E-state index is 12.3. The van der Waals surface area contributed by atoms with Crippen molar-refractivity contribution in [3.63, 3.8) is 0 Å². The molecule has 2 N–H and O–H groups in total. The number of aromatic nitrogens is 2. The minimum absolute atomic E-state index is 0.0212. The molecule has 0 saturated carbocycles. The number of amides is 2. The van der Waals surface area contributed by atoms with Crippen molar-refractivity contribution >= 4 is 17.5 Å². The second kappa shape index (κ2) is 7.73. The van der Waals surface area contributed by atoms with E-state index in [1.807, 2.05) is 31.2 Å². The first-order chi connectivity index (χ1) is 12.9. The van der Waals surface area contributed by atoms with Crippen LogP contribution >= 0.6 is 0 Å². The molecule has 7 nitrogen and oxygen atoms in total. The van der Waals surface area contributed by atoms with Crippen molar-refractivity contribution in [2.24, 2.45) is 0 Å². The third-order valence-corrected chi connectivity index (χ3v) is 5.13. The first-order valence-corrected chi connectivity index (χ1v) is 9.05. The Kier molecular flexibility index (Phi) is 5.39. The number of nitrogens with zero attached hydrogens (tertiary/aromatic N) is 2. The number of nitrogens with one attached hydrogen (secondary N) is 2. The van der Waals surface area contributed by atoms with Crippen LogP contribution in [0.4, 0.5) is 5.69 Å². The fourth-order valence-electron chi connectivity index (χ4n) is 3.60. The number of aromatic amines is 1. The normalized spacial score (nSPS) is 16.2. The van der Waals surface area contributed by atoms with Crippen LogP contribution in [0.3, 0.4) is 0 Å². The Bertz CT molecular complexity index is 909. The number of carbonyl (C=O) groups is 2. The summed E-state index contributed by atoms with van der Waals surface area (Å²) in [6, 6.07) is 7.79.